The van der Waals surface area contributed by atoms with Gasteiger partial charge in [0.05, 0.1) is 45.8 Å². The van der Waals surface area contributed by atoms with Crippen LogP contribution in [0, 0.1) is 12.3 Å². The first kappa shape index (κ1) is 68.2. The Morgan fingerprint density at radius 2 is 1.63 bits per heavy atom. The van der Waals surface area contributed by atoms with Crippen LogP contribution in [0.3, 0.4) is 0 Å². The Bertz CT molecular complexity index is 3610. The van der Waals surface area contributed by atoms with E-state index in [1.54, 1.807) is 44.5 Å². The van der Waals surface area contributed by atoms with Crippen molar-refractivity contribution in [2.45, 2.75) is 147 Å². The summed E-state index contributed by atoms with van der Waals surface area (Å²) >= 11 is 8.40. The smallest absolute Gasteiger partial charge is 0.471 e. The number of aliphatic hydroxyl groups is 1. The first-order chi connectivity index (χ1) is 42.3. The number of nitrogens with one attached hydrogen (secondary N) is 5. The van der Waals surface area contributed by atoms with Gasteiger partial charge < -0.3 is 66.3 Å². The number of alkyl halides is 3. The minimum atomic E-state index is -5.35. The lowest BCUT2D eigenvalue weighted by Gasteiger charge is -2.39. The van der Waals surface area contributed by atoms with E-state index in [4.69, 9.17) is 22.1 Å². The lowest BCUT2D eigenvalue weighted by Crippen LogP contribution is -2.62. The molecule has 8 amide bonds. The van der Waals surface area contributed by atoms with Crippen molar-refractivity contribution in [2.24, 2.45) is 11.1 Å². The molecule has 3 aliphatic heterocycles. The molecule has 0 radical (unpaired) electrons. The molecule has 3 fully saturated rings. The third-order valence-electron chi connectivity index (χ3n) is 16.2. The third kappa shape index (κ3) is 16.4. The fourth-order valence-corrected chi connectivity index (χ4v) is 13.0. The SMILES string of the molecule is Cc1ncsc1-c1ccc([C@H](C)NC(=O)[C@@H]2C[C@@H](O)CN2C(=O)[C@@H](NC(=O)CCCc2cccc(OC[C@H](CCC(N)=O)NC(=O)[C@@H]3CC[C@@H]4CCN(C(=O)C(F)(F)F)C[C@H](NC(=O)c5cc6cc(C(=O)P(=O)(O)O)ccc6[nH]5)C(=O)N43)c2Cl)C(C)(C)C)cc1. The highest BCUT2D eigenvalue weighted by atomic mass is 35.5. The summed E-state index contributed by atoms with van der Waals surface area (Å²) in [5, 5.41) is 22.1. The van der Waals surface area contributed by atoms with Crippen molar-refractivity contribution >= 4 is 94.2 Å². The molecule has 10 N–H and O–H groups in total. The molecule has 0 spiro atoms. The highest BCUT2D eigenvalue weighted by Crippen LogP contribution is 2.40. The quantitative estimate of drug-likeness (QED) is 0.0395. The lowest BCUT2D eigenvalue weighted by atomic mass is 9.85. The van der Waals surface area contributed by atoms with Gasteiger partial charge in [0.15, 0.2) is 0 Å². The van der Waals surface area contributed by atoms with Gasteiger partial charge in [-0.2, -0.15) is 13.2 Å². The molecule has 5 aromatic rings. The number of amides is 8. The number of aryl methyl sites for hydroxylation is 2. The Morgan fingerprint density at radius 1 is 0.922 bits per heavy atom. The Hall–Kier alpha value is -7.75. The van der Waals surface area contributed by atoms with Gasteiger partial charge in [-0.25, -0.2) is 4.98 Å². The normalized spacial score (nSPS) is 19.9. The molecule has 0 bridgehead atoms. The largest absolute Gasteiger partial charge is 0.490 e. The maximum atomic E-state index is 14.6. The van der Waals surface area contributed by atoms with E-state index in [0.717, 1.165) is 33.8 Å². The van der Waals surface area contributed by atoms with Crippen LogP contribution in [0.4, 0.5) is 13.2 Å². The number of carbonyl (C=O) groups is 9. The number of β-amino-alcohol motifs (C(OH)–C–C–N with tert-alkyl or cyclic N) is 1. The summed E-state index contributed by atoms with van der Waals surface area (Å²) in [6.45, 7) is 7.22. The van der Waals surface area contributed by atoms with Gasteiger partial charge in [-0.1, -0.05) is 68.8 Å². The van der Waals surface area contributed by atoms with E-state index in [1.165, 1.54) is 33.3 Å². The average Bonchev–Trinajstić information content (AvgIpc) is 1.71. The maximum Gasteiger partial charge on any atom is 0.471 e. The highest BCUT2D eigenvalue weighted by molar-refractivity contribution is 7.70. The molecule has 3 aliphatic rings. The monoisotopic (exact) mass is 1310 g/mol. The second kappa shape index (κ2) is 28.2. The third-order valence-corrected chi connectivity index (χ3v) is 18.4. The molecular formula is C60H71ClF3N10O14PS. The van der Waals surface area contributed by atoms with Crippen LogP contribution >= 0.6 is 30.5 Å². The molecule has 30 heteroatoms. The second-order valence-corrected chi connectivity index (χ2v) is 26.6. The van der Waals surface area contributed by atoms with Crippen molar-refractivity contribution in [3.8, 4) is 16.2 Å². The van der Waals surface area contributed by atoms with Gasteiger partial charge in [0, 0.05) is 54.9 Å². The molecular weight excluding hydrogens is 1240 g/mol. The van der Waals surface area contributed by atoms with E-state index in [1.807, 2.05) is 38.1 Å². The fourth-order valence-electron chi connectivity index (χ4n) is 11.4. The molecule has 8 rings (SSSR count). The number of aromatic nitrogens is 2. The van der Waals surface area contributed by atoms with Crippen molar-refractivity contribution in [3.63, 3.8) is 0 Å². The zero-order valence-electron chi connectivity index (χ0n) is 49.8. The molecule has 2 aromatic heterocycles. The van der Waals surface area contributed by atoms with Crippen molar-refractivity contribution in [1.82, 2.24) is 45.9 Å². The second-order valence-electron chi connectivity index (χ2n) is 23.9. The number of nitrogens with two attached hydrogens (primary N) is 1. The Kier molecular flexibility index (Phi) is 21.3. The van der Waals surface area contributed by atoms with Crippen LogP contribution in [0.15, 0.2) is 72.2 Å². The van der Waals surface area contributed by atoms with E-state index >= 15 is 0 Å². The maximum absolute atomic E-state index is 14.6. The van der Waals surface area contributed by atoms with Gasteiger partial charge in [-0.3, -0.25) is 47.7 Å². The summed E-state index contributed by atoms with van der Waals surface area (Å²) in [5.74, 6) is -7.03. The van der Waals surface area contributed by atoms with E-state index in [0.29, 0.717) is 10.5 Å². The van der Waals surface area contributed by atoms with Crippen molar-refractivity contribution in [1.29, 1.82) is 0 Å². The zero-order valence-corrected chi connectivity index (χ0v) is 52.3. The van der Waals surface area contributed by atoms with Gasteiger partial charge in [0.2, 0.25) is 35.4 Å². The number of nitrogens with zero attached hydrogens (tertiary/aromatic N) is 4. The van der Waals surface area contributed by atoms with Crippen LogP contribution in [0.2, 0.25) is 5.02 Å². The van der Waals surface area contributed by atoms with Crippen LogP contribution in [-0.2, 0) is 44.5 Å². The van der Waals surface area contributed by atoms with E-state index in [2.05, 4.69) is 31.2 Å². The molecule has 24 nitrogen and oxygen atoms in total. The number of ether oxygens (including phenoxy) is 1. The highest BCUT2D eigenvalue weighted by Gasteiger charge is 2.50. The van der Waals surface area contributed by atoms with Gasteiger partial charge in [-0.05, 0) is 105 Å². The molecule has 3 saturated heterocycles. The van der Waals surface area contributed by atoms with Crippen molar-refractivity contribution in [2.75, 3.05) is 26.2 Å². The lowest BCUT2D eigenvalue weighted by molar-refractivity contribution is -0.186. The van der Waals surface area contributed by atoms with Crippen molar-refractivity contribution < 1.29 is 80.5 Å². The number of carbonyl (C=O) groups excluding carboxylic acids is 9. The number of halogens is 4. The molecule has 3 aromatic carbocycles. The van der Waals surface area contributed by atoms with Crippen LogP contribution < -0.4 is 31.7 Å². The topological polar surface area (TPSA) is 353 Å². The predicted molar refractivity (Wildman–Crippen MR) is 323 cm³/mol. The number of H-pyrrole nitrogens is 1. The number of aliphatic hydroxyl groups excluding tert-OH is 1. The molecule has 0 aliphatic carbocycles. The van der Waals surface area contributed by atoms with Crippen LogP contribution in [-0.4, -0.2) is 167 Å². The number of rotatable bonds is 22. The minimum absolute atomic E-state index is 0.00360. The Labute approximate surface area is 524 Å². The zero-order chi connectivity index (χ0) is 65.7. The summed E-state index contributed by atoms with van der Waals surface area (Å²) in [7, 11) is -5.19. The molecule has 5 heterocycles. The number of benzene rings is 3. The van der Waals surface area contributed by atoms with Gasteiger partial charge in [0.25, 0.3) is 11.4 Å². The number of likely N-dealkylation sites (tertiary alicyclic amines) is 1. The van der Waals surface area contributed by atoms with E-state index < -0.39 is 133 Å². The molecule has 90 heavy (non-hydrogen) atoms. The van der Waals surface area contributed by atoms with Gasteiger partial charge in [0.1, 0.15) is 42.2 Å². The minimum Gasteiger partial charge on any atom is -0.490 e. The first-order valence-electron chi connectivity index (χ1n) is 29.1. The molecule has 8 atom stereocenters. The van der Waals surface area contributed by atoms with Crippen molar-refractivity contribution in [3.05, 3.63) is 105 Å². The standard InChI is InChI=1S/C60H71ClF3N10O14PS/c1-31(33-12-14-35(15-13-33)50-32(2)66-30-90-50)67-54(80)45-26-40(75)27-73(45)56(82)51(59(3,4)5)71-48(77)11-7-9-34-8-6-10-46(49(34)61)88-29-38(17-21-47(65)76)68-53(79)44-20-18-39-22-23-72(58(84)60(62,63)64)28-43(55(81)74(39)44)70-52(78)42-25-37-24-36(16-19-41(37)69-42)57(83)89(85,86)87/h6,8,10,12-16,19,24-25,30-31,38-40,43-45,51,69,75H,7,9,11,17-18,20-23,26-29H2,1-5H3,(H2,65,76)(H,67,80)(H,68,79)(H,70,78)(H,71,77)(H2,85,86,87)/t31-,38-,39+,40+,43-,44-,45-,51+/m0/s1. The van der Waals surface area contributed by atoms with E-state index in [-0.39, 0.29) is 104 Å². The summed E-state index contributed by atoms with van der Waals surface area (Å²) in [5.41, 5.74) is 7.83. The Balaban J connectivity index is 0.886. The molecule has 484 valence electrons. The number of aromatic amines is 1. The first-order valence-corrected chi connectivity index (χ1v) is 32.0. The fraction of sp³-hybridized carbons (Fsp3) is 0.467. The number of thiazole rings is 1. The molecule has 0 saturated carbocycles. The number of fused-ring (bicyclic) bond motifs is 2. The summed E-state index contributed by atoms with van der Waals surface area (Å²) < 4.78 is 59.5. The van der Waals surface area contributed by atoms with Gasteiger partial charge in [-0.15, -0.1) is 11.3 Å². The van der Waals surface area contributed by atoms with Crippen LogP contribution in [0.5, 0.6) is 5.75 Å². The van der Waals surface area contributed by atoms with Gasteiger partial charge >= 0.3 is 19.7 Å². The number of hydrogen-bond donors (Lipinski definition) is 9. The number of primary amides is 1. The summed E-state index contributed by atoms with van der Waals surface area (Å²) in [6.07, 6.45) is -6.20. The Morgan fingerprint density at radius 3 is 2.29 bits per heavy atom. The predicted octanol–water partition coefficient (Wildman–Crippen LogP) is 5.35. The van der Waals surface area contributed by atoms with Crippen LogP contribution in [0.25, 0.3) is 21.3 Å². The summed E-state index contributed by atoms with van der Waals surface area (Å²) in [6, 6.07) is 9.82. The average molecular weight is 1310 g/mol. The molecule has 0 unspecified atom stereocenters. The summed E-state index contributed by atoms with van der Waals surface area (Å²) in [4.78, 5) is 151. The van der Waals surface area contributed by atoms with Crippen LogP contribution in [0.1, 0.15) is 123 Å². The van der Waals surface area contributed by atoms with E-state index in [9.17, 15) is 75.8 Å². The number of hydrogen-bond acceptors (Lipinski definition) is 14.